The van der Waals surface area contributed by atoms with E-state index in [1.54, 1.807) is 30.3 Å². The van der Waals surface area contributed by atoms with Crippen LogP contribution in [0.25, 0.3) is 6.08 Å². The SMILES string of the molecule is CS(=O)(=O)Nc1ccc(C(=O)/C=C/c2ccc(O)cc2)cc1. The van der Waals surface area contributed by atoms with Crippen LogP contribution in [0.3, 0.4) is 0 Å². The Morgan fingerprint density at radius 2 is 1.64 bits per heavy atom. The molecular formula is C16H15NO4S. The third kappa shape index (κ3) is 4.75. The number of ketones is 1. The number of allylic oxidation sites excluding steroid dienone is 1. The lowest BCUT2D eigenvalue weighted by Crippen LogP contribution is -2.09. The van der Waals surface area contributed by atoms with Gasteiger partial charge in [-0.15, -0.1) is 0 Å². The van der Waals surface area contributed by atoms with Gasteiger partial charge in [-0.05, 0) is 48.0 Å². The number of hydrogen-bond donors (Lipinski definition) is 2. The van der Waals surface area contributed by atoms with Crippen molar-refractivity contribution in [3.05, 3.63) is 65.7 Å². The lowest BCUT2D eigenvalue weighted by atomic mass is 10.1. The minimum atomic E-state index is -3.33. The fraction of sp³-hybridized carbons (Fsp3) is 0.0625. The highest BCUT2D eigenvalue weighted by Crippen LogP contribution is 2.14. The van der Waals surface area contributed by atoms with Crippen molar-refractivity contribution in [3.63, 3.8) is 0 Å². The maximum absolute atomic E-state index is 12.0. The predicted molar refractivity (Wildman–Crippen MR) is 86.4 cm³/mol. The second-order valence-corrected chi connectivity index (χ2v) is 6.49. The summed E-state index contributed by atoms with van der Waals surface area (Å²) in [6, 6.07) is 12.6. The topological polar surface area (TPSA) is 83.5 Å². The molecule has 0 radical (unpaired) electrons. The van der Waals surface area contributed by atoms with Crippen LogP contribution in [0.15, 0.2) is 54.6 Å². The van der Waals surface area contributed by atoms with Gasteiger partial charge in [-0.3, -0.25) is 9.52 Å². The molecule has 22 heavy (non-hydrogen) atoms. The van der Waals surface area contributed by atoms with Crippen molar-refractivity contribution in [2.45, 2.75) is 0 Å². The second kappa shape index (κ2) is 6.44. The Bertz CT molecular complexity index is 791. The molecule has 2 aromatic carbocycles. The first-order valence-corrected chi connectivity index (χ1v) is 8.32. The summed E-state index contributed by atoms with van der Waals surface area (Å²) in [5.41, 5.74) is 1.65. The Hall–Kier alpha value is -2.60. The molecule has 0 bridgehead atoms. The van der Waals surface area contributed by atoms with Crippen LogP contribution >= 0.6 is 0 Å². The Kier molecular flexibility index (Phi) is 4.62. The first kappa shape index (κ1) is 15.8. The summed E-state index contributed by atoms with van der Waals surface area (Å²) < 4.78 is 24.5. The smallest absolute Gasteiger partial charge is 0.229 e. The van der Waals surface area contributed by atoms with Crippen LogP contribution in [0, 0.1) is 0 Å². The summed E-state index contributed by atoms with van der Waals surface area (Å²) in [6.07, 6.45) is 4.13. The van der Waals surface area contributed by atoms with Crippen molar-refractivity contribution >= 4 is 27.6 Å². The Morgan fingerprint density at radius 3 is 2.18 bits per heavy atom. The van der Waals surface area contributed by atoms with Crippen molar-refractivity contribution in [2.24, 2.45) is 0 Å². The minimum absolute atomic E-state index is 0.164. The van der Waals surface area contributed by atoms with Gasteiger partial charge in [0.1, 0.15) is 5.75 Å². The number of aromatic hydroxyl groups is 1. The number of phenolic OH excluding ortho intramolecular Hbond substituents is 1. The number of carbonyl (C=O) groups excluding carboxylic acids is 1. The van der Waals surface area contributed by atoms with Crippen molar-refractivity contribution in [2.75, 3.05) is 11.0 Å². The van der Waals surface area contributed by atoms with Crippen LogP contribution in [0.1, 0.15) is 15.9 Å². The van der Waals surface area contributed by atoms with Gasteiger partial charge in [0.05, 0.1) is 6.26 Å². The van der Waals surface area contributed by atoms with E-state index in [1.807, 2.05) is 0 Å². The standard InChI is InChI=1S/C16H15NO4S/c1-22(20,21)17-14-7-5-13(6-8-14)16(19)11-4-12-2-9-15(18)10-3-12/h2-11,17-18H,1H3/b11-4+. The molecule has 114 valence electrons. The van der Waals surface area contributed by atoms with Crippen LogP contribution < -0.4 is 4.72 Å². The zero-order chi connectivity index (χ0) is 16.2. The van der Waals surface area contributed by atoms with E-state index in [0.717, 1.165) is 11.8 Å². The number of rotatable bonds is 5. The molecule has 5 nitrogen and oxygen atoms in total. The van der Waals surface area contributed by atoms with E-state index in [1.165, 1.54) is 30.3 Å². The van der Waals surface area contributed by atoms with Crippen LogP contribution in [0.2, 0.25) is 0 Å². The number of sulfonamides is 1. The van der Waals surface area contributed by atoms with Gasteiger partial charge >= 0.3 is 0 Å². The number of hydrogen-bond acceptors (Lipinski definition) is 4. The second-order valence-electron chi connectivity index (χ2n) is 4.74. The highest BCUT2D eigenvalue weighted by atomic mass is 32.2. The van der Waals surface area contributed by atoms with Crippen molar-refractivity contribution in [1.82, 2.24) is 0 Å². The van der Waals surface area contributed by atoms with Gasteiger partial charge in [0.15, 0.2) is 5.78 Å². The molecule has 0 aliphatic rings. The monoisotopic (exact) mass is 317 g/mol. The molecule has 0 aliphatic heterocycles. The summed E-state index contributed by atoms with van der Waals surface area (Å²) in [4.78, 5) is 12.0. The van der Waals surface area contributed by atoms with E-state index < -0.39 is 10.0 Å². The fourth-order valence-electron chi connectivity index (χ4n) is 1.77. The molecule has 0 spiro atoms. The summed E-state index contributed by atoms with van der Waals surface area (Å²) in [5.74, 6) is -0.0311. The molecular weight excluding hydrogens is 302 g/mol. The van der Waals surface area contributed by atoms with E-state index in [4.69, 9.17) is 0 Å². The van der Waals surface area contributed by atoms with Gasteiger partial charge in [0.2, 0.25) is 10.0 Å². The Morgan fingerprint density at radius 1 is 1.05 bits per heavy atom. The molecule has 2 N–H and O–H groups in total. The molecule has 0 atom stereocenters. The third-order valence-electron chi connectivity index (χ3n) is 2.79. The number of phenols is 1. The summed E-state index contributed by atoms with van der Waals surface area (Å²) in [7, 11) is -3.33. The average molecular weight is 317 g/mol. The fourth-order valence-corrected chi connectivity index (χ4v) is 2.33. The van der Waals surface area contributed by atoms with Gasteiger partial charge < -0.3 is 5.11 Å². The van der Waals surface area contributed by atoms with Crippen LogP contribution in [-0.2, 0) is 10.0 Å². The largest absolute Gasteiger partial charge is 0.508 e. The number of benzene rings is 2. The molecule has 0 saturated carbocycles. The summed E-state index contributed by atoms with van der Waals surface area (Å²) >= 11 is 0. The molecule has 0 amide bonds. The third-order valence-corrected chi connectivity index (χ3v) is 3.40. The van der Waals surface area contributed by atoms with Gasteiger partial charge in [-0.25, -0.2) is 8.42 Å². The van der Waals surface area contributed by atoms with Crippen LogP contribution in [-0.4, -0.2) is 25.6 Å². The van der Waals surface area contributed by atoms with E-state index in [9.17, 15) is 18.3 Å². The van der Waals surface area contributed by atoms with Crippen molar-refractivity contribution in [3.8, 4) is 5.75 Å². The maximum Gasteiger partial charge on any atom is 0.229 e. The predicted octanol–water partition coefficient (Wildman–Crippen LogP) is 2.66. The van der Waals surface area contributed by atoms with E-state index in [2.05, 4.69) is 4.72 Å². The highest BCUT2D eigenvalue weighted by molar-refractivity contribution is 7.92. The highest BCUT2D eigenvalue weighted by Gasteiger charge is 2.04. The minimum Gasteiger partial charge on any atom is -0.508 e. The number of nitrogens with one attached hydrogen (secondary N) is 1. The zero-order valence-electron chi connectivity index (χ0n) is 11.9. The van der Waals surface area contributed by atoms with E-state index >= 15 is 0 Å². The van der Waals surface area contributed by atoms with E-state index in [-0.39, 0.29) is 11.5 Å². The van der Waals surface area contributed by atoms with Gasteiger partial charge in [0, 0.05) is 11.3 Å². The van der Waals surface area contributed by atoms with Gasteiger partial charge in [0.25, 0.3) is 0 Å². The van der Waals surface area contributed by atoms with Crippen molar-refractivity contribution in [1.29, 1.82) is 0 Å². The molecule has 0 heterocycles. The molecule has 0 fully saturated rings. The molecule has 2 rings (SSSR count). The molecule has 6 heteroatoms. The first-order valence-electron chi connectivity index (χ1n) is 6.43. The van der Waals surface area contributed by atoms with E-state index in [0.29, 0.717) is 11.3 Å². The lowest BCUT2D eigenvalue weighted by Gasteiger charge is -2.04. The lowest BCUT2D eigenvalue weighted by molar-refractivity contribution is 0.104. The Labute approximate surface area is 129 Å². The quantitative estimate of drug-likeness (QED) is 0.656. The maximum atomic E-state index is 12.0. The first-order chi connectivity index (χ1) is 10.3. The zero-order valence-corrected chi connectivity index (χ0v) is 12.7. The van der Waals surface area contributed by atoms with Gasteiger partial charge in [-0.1, -0.05) is 18.2 Å². The molecule has 0 saturated heterocycles. The number of anilines is 1. The average Bonchev–Trinajstić information content (AvgIpc) is 2.45. The van der Waals surface area contributed by atoms with Crippen molar-refractivity contribution < 1.29 is 18.3 Å². The molecule has 0 unspecified atom stereocenters. The summed E-state index contributed by atoms with van der Waals surface area (Å²) in [5, 5.41) is 9.18. The molecule has 2 aromatic rings. The van der Waals surface area contributed by atoms with Crippen LogP contribution in [0.5, 0.6) is 5.75 Å². The summed E-state index contributed by atoms with van der Waals surface area (Å²) in [6.45, 7) is 0. The van der Waals surface area contributed by atoms with Crippen LogP contribution in [0.4, 0.5) is 5.69 Å². The number of carbonyl (C=O) groups is 1. The normalized spacial score (nSPS) is 11.5. The van der Waals surface area contributed by atoms with Gasteiger partial charge in [-0.2, -0.15) is 0 Å². The Balaban J connectivity index is 2.08. The molecule has 0 aromatic heterocycles. The molecule has 0 aliphatic carbocycles.